The average Bonchev–Trinajstić information content (AvgIpc) is 3.60. The molecule has 1 fully saturated rings. The lowest BCUT2D eigenvalue weighted by Crippen LogP contribution is -2.50. The minimum absolute atomic E-state index is 0.0386. The summed E-state index contributed by atoms with van der Waals surface area (Å²) in [4.78, 5) is 28.6. The minimum atomic E-state index is -1.06. The van der Waals surface area contributed by atoms with Crippen LogP contribution in [-0.4, -0.2) is 59.4 Å². The summed E-state index contributed by atoms with van der Waals surface area (Å²) < 4.78 is 13.3. The lowest BCUT2D eigenvalue weighted by atomic mass is 9.84. The number of para-hydroxylation sites is 1. The van der Waals surface area contributed by atoms with E-state index in [4.69, 9.17) is 15.2 Å². The Labute approximate surface area is 280 Å². The number of hydrogen-bond acceptors (Lipinski definition) is 8. The molecule has 4 aromatic carbocycles. The number of anilines is 1. The van der Waals surface area contributed by atoms with Gasteiger partial charge in [0.05, 0.1) is 56.0 Å². The Morgan fingerprint density at radius 3 is 2.19 bits per heavy atom. The lowest BCUT2D eigenvalue weighted by Gasteiger charge is -2.31. The molecule has 2 heterocycles. The highest BCUT2D eigenvalue weighted by Crippen LogP contribution is 2.31. The van der Waals surface area contributed by atoms with Crippen LogP contribution in [0.5, 0.6) is 0 Å². The Hall–Kier alpha value is -5.16. The molecule has 3 N–H and O–H groups in total. The van der Waals surface area contributed by atoms with Gasteiger partial charge in [-0.3, -0.25) is 4.79 Å². The smallest absolute Gasteiger partial charge is 0.420 e. The second-order valence-corrected chi connectivity index (χ2v) is 11.9. The number of nitrogens with two attached hydrogens (primary N) is 1. The number of nitrogens with zero attached hydrogens (tertiary/aromatic N) is 4. The van der Waals surface area contributed by atoms with Crippen molar-refractivity contribution in [2.24, 2.45) is 5.73 Å². The van der Waals surface area contributed by atoms with Crippen molar-refractivity contribution in [2.75, 3.05) is 25.2 Å². The van der Waals surface area contributed by atoms with E-state index < -0.39 is 24.0 Å². The molecule has 246 valence electrons. The second kappa shape index (κ2) is 15.6. The van der Waals surface area contributed by atoms with Crippen molar-refractivity contribution in [2.45, 2.75) is 43.5 Å². The zero-order valence-electron chi connectivity index (χ0n) is 26.9. The molecule has 1 aliphatic heterocycles. The van der Waals surface area contributed by atoms with Gasteiger partial charge in [-0.25, -0.2) is 14.4 Å². The third-order valence-corrected chi connectivity index (χ3v) is 8.78. The van der Waals surface area contributed by atoms with E-state index in [-0.39, 0.29) is 12.1 Å². The third kappa shape index (κ3) is 7.52. The summed E-state index contributed by atoms with van der Waals surface area (Å²) in [6.07, 6.45) is 2.16. The monoisotopic (exact) mass is 644 g/mol. The number of ether oxygens (including phenoxy) is 2. The lowest BCUT2D eigenvalue weighted by molar-refractivity contribution is -0.119. The van der Waals surface area contributed by atoms with Gasteiger partial charge in [0.2, 0.25) is 0 Å². The number of aryl methyl sites for hydroxylation is 1. The molecule has 6 rings (SSSR count). The summed E-state index contributed by atoms with van der Waals surface area (Å²) in [6.45, 7) is 1.73. The van der Waals surface area contributed by atoms with Crippen molar-refractivity contribution in [1.29, 1.82) is 0 Å². The van der Waals surface area contributed by atoms with Gasteiger partial charge < -0.3 is 20.5 Å². The molecule has 0 bridgehead atoms. The van der Waals surface area contributed by atoms with Crippen LogP contribution in [0, 0.1) is 0 Å². The molecule has 1 aromatic heterocycles. The number of benzene rings is 4. The minimum Gasteiger partial charge on any atom is -0.452 e. The van der Waals surface area contributed by atoms with Gasteiger partial charge in [0, 0.05) is 12.5 Å². The summed E-state index contributed by atoms with van der Waals surface area (Å²) in [5, 5.41) is 12.0. The van der Waals surface area contributed by atoms with E-state index in [1.807, 2.05) is 95.7 Å². The predicted octanol–water partition coefficient (Wildman–Crippen LogP) is 5.25. The number of nitrogens with one attached hydrogen (secondary N) is 1. The van der Waals surface area contributed by atoms with Gasteiger partial charge >= 0.3 is 6.09 Å². The number of aromatic nitrogens is 3. The highest BCUT2D eigenvalue weighted by molar-refractivity contribution is 6.15. The number of hydrogen-bond donors (Lipinski definition) is 2. The molecule has 5 aromatic rings. The molecule has 10 nitrogen and oxygen atoms in total. The molecule has 0 aliphatic carbocycles. The van der Waals surface area contributed by atoms with E-state index in [2.05, 4.69) is 27.8 Å². The molecule has 0 saturated carbocycles. The van der Waals surface area contributed by atoms with Crippen molar-refractivity contribution >= 4 is 17.7 Å². The Morgan fingerprint density at radius 1 is 0.938 bits per heavy atom. The number of methoxy groups -OCH3 is 1. The molecule has 0 radical (unpaired) electrons. The van der Waals surface area contributed by atoms with Crippen LogP contribution in [0.1, 0.15) is 46.3 Å². The Balaban J connectivity index is 1.15. The van der Waals surface area contributed by atoms with Crippen LogP contribution in [0.3, 0.4) is 0 Å². The van der Waals surface area contributed by atoms with Crippen LogP contribution in [0.4, 0.5) is 10.5 Å². The highest BCUT2D eigenvalue weighted by atomic mass is 16.5. The van der Waals surface area contributed by atoms with Crippen molar-refractivity contribution in [3.63, 3.8) is 0 Å². The molecule has 1 saturated heterocycles. The molecule has 48 heavy (non-hydrogen) atoms. The van der Waals surface area contributed by atoms with E-state index in [0.717, 1.165) is 32.8 Å². The van der Waals surface area contributed by atoms with Crippen LogP contribution in [0.25, 0.3) is 0 Å². The fraction of sp³-hybridized carbons (Fsp3) is 0.263. The number of carbonyl (C=O) groups is 2. The number of rotatable bonds is 11. The molecule has 1 aliphatic rings. The van der Waals surface area contributed by atoms with Gasteiger partial charge in [-0.1, -0.05) is 114 Å². The first-order valence-electron chi connectivity index (χ1n) is 16.2. The topological polar surface area (TPSA) is 125 Å². The largest absolute Gasteiger partial charge is 0.452 e. The van der Waals surface area contributed by atoms with Gasteiger partial charge in [-0.15, -0.1) is 5.10 Å². The number of carbonyl (C=O) groups excluding carboxylic acids is 2. The number of amides is 2. The average molecular weight is 645 g/mol. The molecule has 0 spiro atoms. The van der Waals surface area contributed by atoms with E-state index >= 15 is 0 Å². The van der Waals surface area contributed by atoms with Gasteiger partial charge in [0.15, 0.2) is 0 Å². The van der Waals surface area contributed by atoms with Gasteiger partial charge in [-0.2, -0.15) is 0 Å². The quantitative estimate of drug-likeness (QED) is 0.200. The van der Waals surface area contributed by atoms with Crippen LogP contribution in [0.2, 0.25) is 0 Å². The summed E-state index contributed by atoms with van der Waals surface area (Å²) in [7, 11) is 1.27. The van der Waals surface area contributed by atoms with Gasteiger partial charge in [0.25, 0.3) is 5.91 Å². The predicted molar refractivity (Wildman–Crippen MR) is 183 cm³/mol. The zero-order valence-corrected chi connectivity index (χ0v) is 26.9. The molecule has 10 heteroatoms. The zero-order chi connectivity index (χ0) is 33.3. The Kier molecular flexibility index (Phi) is 10.7. The SMILES string of the molecule is COC(=O)N(C(=O)[C@@H](N)C(c1ccccc1)c1ccccc1)c1ccccc1CC[C@@H]1CN[C@H](c2cnnn2Cc2ccccc2)CO1. The van der Waals surface area contributed by atoms with Crippen molar-refractivity contribution in [3.05, 3.63) is 149 Å². The van der Waals surface area contributed by atoms with E-state index in [1.54, 1.807) is 18.3 Å². The summed E-state index contributed by atoms with van der Waals surface area (Å²) in [5.74, 6) is -1.03. The summed E-state index contributed by atoms with van der Waals surface area (Å²) >= 11 is 0. The maximum absolute atomic E-state index is 14.2. The fourth-order valence-electron chi connectivity index (χ4n) is 6.29. The first-order valence-corrected chi connectivity index (χ1v) is 16.2. The Morgan fingerprint density at radius 2 is 1.56 bits per heavy atom. The highest BCUT2D eigenvalue weighted by Gasteiger charge is 2.36. The van der Waals surface area contributed by atoms with Crippen LogP contribution >= 0.6 is 0 Å². The van der Waals surface area contributed by atoms with Crippen molar-refractivity contribution < 1.29 is 19.1 Å². The van der Waals surface area contributed by atoms with Gasteiger partial charge in [0.1, 0.15) is 0 Å². The summed E-state index contributed by atoms with van der Waals surface area (Å²) in [5.41, 5.74) is 11.9. The van der Waals surface area contributed by atoms with E-state index in [9.17, 15) is 9.59 Å². The molecular formula is C38H40N6O4. The molecule has 2 amide bonds. The van der Waals surface area contributed by atoms with Gasteiger partial charge in [-0.05, 0) is 41.2 Å². The van der Waals surface area contributed by atoms with Crippen molar-refractivity contribution in [1.82, 2.24) is 20.3 Å². The third-order valence-electron chi connectivity index (χ3n) is 8.78. The molecule has 0 unspecified atom stereocenters. The van der Waals surface area contributed by atoms with Crippen molar-refractivity contribution in [3.8, 4) is 0 Å². The second-order valence-electron chi connectivity index (χ2n) is 11.9. The van der Waals surface area contributed by atoms with E-state index in [0.29, 0.717) is 38.2 Å². The standard InChI is InChI=1S/C38H40N6O4/c1-47-38(46)44(37(45)36(39)35(29-16-7-3-8-17-29)30-18-9-4-10-19-30)33-20-12-11-15-28(33)21-22-31-23-40-32(26-48-31)34-24-41-42-43(34)25-27-13-5-2-6-14-27/h2-20,24,31-32,35-36,40H,21-23,25-26,39H2,1H3/t31-,32+,36+/m1/s1. The molecular weight excluding hydrogens is 604 g/mol. The fourth-order valence-corrected chi connectivity index (χ4v) is 6.29. The van der Waals surface area contributed by atoms with Crippen LogP contribution < -0.4 is 16.0 Å². The number of morpholine rings is 1. The van der Waals surface area contributed by atoms with Crippen LogP contribution in [-0.2, 0) is 27.2 Å². The maximum atomic E-state index is 14.2. The first kappa shape index (κ1) is 32.8. The molecule has 3 atom stereocenters. The van der Waals surface area contributed by atoms with Crippen LogP contribution in [0.15, 0.2) is 121 Å². The summed E-state index contributed by atoms with van der Waals surface area (Å²) in [6, 6.07) is 35.7. The maximum Gasteiger partial charge on any atom is 0.420 e. The first-order chi connectivity index (χ1) is 23.5. The van der Waals surface area contributed by atoms with E-state index in [1.165, 1.54) is 7.11 Å². The normalized spacial score (nSPS) is 16.7. The Bertz CT molecular complexity index is 1740. The number of imide groups is 1.